The number of aromatic nitrogens is 1. The molecule has 4 nitrogen and oxygen atoms in total. The fourth-order valence-electron chi connectivity index (χ4n) is 2.00. The van der Waals surface area contributed by atoms with E-state index in [1.165, 1.54) is 12.3 Å². The number of halogens is 1. The number of rotatable bonds is 3. The highest BCUT2D eigenvalue weighted by molar-refractivity contribution is 5.81. The Bertz CT molecular complexity index is 454. The van der Waals surface area contributed by atoms with Gasteiger partial charge in [0.05, 0.1) is 18.4 Å². The van der Waals surface area contributed by atoms with Crippen LogP contribution in [-0.4, -0.2) is 28.9 Å². The van der Waals surface area contributed by atoms with E-state index in [0.717, 1.165) is 5.69 Å². The first-order chi connectivity index (χ1) is 8.08. The molecule has 1 aliphatic heterocycles. The van der Waals surface area contributed by atoms with Gasteiger partial charge in [-0.15, -0.1) is 6.58 Å². The first kappa shape index (κ1) is 11.6. The van der Waals surface area contributed by atoms with E-state index in [1.807, 2.05) is 11.8 Å². The molecule has 2 heterocycles. The zero-order valence-corrected chi connectivity index (χ0v) is 9.73. The average Bonchev–Trinajstić information content (AvgIpc) is 2.60. The second kappa shape index (κ2) is 4.16. The van der Waals surface area contributed by atoms with E-state index in [0.29, 0.717) is 19.0 Å². The molecule has 0 amide bonds. The predicted octanol–water partition coefficient (Wildman–Crippen LogP) is 1.25. The van der Waals surface area contributed by atoms with Crippen molar-refractivity contribution in [3.05, 3.63) is 42.5 Å². The summed E-state index contributed by atoms with van der Waals surface area (Å²) in [5.41, 5.74) is 6.16. The lowest BCUT2D eigenvalue weighted by molar-refractivity contribution is 0.238. The molecule has 0 radical (unpaired) electrons. The third-order valence-electron chi connectivity index (χ3n) is 3.01. The molecule has 1 aromatic rings. The molecule has 0 saturated heterocycles. The lowest BCUT2D eigenvalue weighted by Crippen LogP contribution is -2.47. The summed E-state index contributed by atoms with van der Waals surface area (Å²) in [5.74, 6) is 0.123. The summed E-state index contributed by atoms with van der Waals surface area (Å²) >= 11 is 0. The lowest BCUT2D eigenvalue weighted by atomic mass is 9.96. The molecule has 90 valence electrons. The first-order valence-corrected chi connectivity index (χ1v) is 5.38. The van der Waals surface area contributed by atoms with E-state index in [1.54, 1.807) is 12.1 Å². The molecule has 0 aromatic carbocycles. The molecule has 0 bridgehead atoms. The van der Waals surface area contributed by atoms with Crippen LogP contribution in [-0.2, 0) is 5.54 Å². The zero-order valence-electron chi connectivity index (χ0n) is 9.73. The largest absolute Gasteiger partial charge is 0.370 e. The van der Waals surface area contributed by atoms with Gasteiger partial charge in [-0.1, -0.05) is 6.08 Å². The minimum absolute atomic E-state index is 0.348. The Hall–Kier alpha value is -1.91. The Morgan fingerprint density at radius 1 is 1.65 bits per heavy atom. The van der Waals surface area contributed by atoms with Gasteiger partial charge in [0.2, 0.25) is 0 Å². The quantitative estimate of drug-likeness (QED) is 0.801. The van der Waals surface area contributed by atoms with Gasteiger partial charge in [-0.2, -0.15) is 0 Å². The number of hydrogen-bond donors (Lipinski definition) is 1. The van der Waals surface area contributed by atoms with Gasteiger partial charge in [0, 0.05) is 6.54 Å². The highest BCUT2D eigenvalue weighted by Crippen LogP contribution is 2.31. The molecule has 1 unspecified atom stereocenters. The van der Waals surface area contributed by atoms with Gasteiger partial charge < -0.3 is 10.6 Å². The van der Waals surface area contributed by atoms with Gasteiger partial charge in [0.25, 0.3) is 0 Å². The monoisotopic (exact) mass is 234 g/mol. The molecule has 0 spiro atoms. The van der Waals surface area contributed by atoms with Crippen molar-refractivity contribution in [1.29, 1.82) is 0 Å². The maximum absolute atomic E-state index is 12.9. The van der Waals surface area contributed by atoms with Crippen molar-refractivity contribution in [1.82, 2.24) is 9.88 Å². The third kappa shape index (κ3) is 1.88. The highest BCUT2D eigenvalue weighted by Gasteiger charge is 2.39. The van der Waals surface area contributed by atoms with Crippen LogP contribution in [0.2, 0.25) is 0 Å². The van der Waals surface area contributed by atoms with Gasteiger partial charge in [-0.25, -0.2) is 4.39 Å². The maximum atomic E-state index is 12.9. The van der Waals surface area contributed by atoms with Crippen molar-refractivity contribution >= 4 is 5.96 Å². The van der Waals surface area contributed by atoms with Crippen LogP contribution in [0.25, 0.3) is 0 Å². The topological polar surface area (TPSA) is 54.5 Å². The van der Waals surface area contributed by atoms with Crippen molar-refractivity contribution in [3.63, 3.8) is 0 Å². The predicted molar refractivity (Wildman–Crippen MR) is 64.9 cm³/mol. The van der Waals surface area contributed by atoms with Crippen molar-refractivity contribution in [3.8, 4) is 0 Å². The van der Waals surface area contributed by atoms with Crippen LogP contribution in [0.4, 0.5) is 4.39 Å². The van der Waals surface area contributed by atoms with Crippen molar-refractivity contribution in [2.24, 2.45) is 10.7 Å². The molecule has 2 rings (SSSR count). The molecule has 0 aliphatic carbocycles. The van der Waals surface area contributed by atoms with Crippen LogP contribution in [0, 0.1) is 5.82 Å². The van der Waals surface area contributed by atoms with Crippen molar-refractivity contribution in [2.45, 2.75) is 12.5 Å². The van der Waals surface area contributed by atoms with Crippen LogP contribution < -0.4 is 5.73 Å². The number of pyridine rings is 1. The summed E-state index contributed by atoms with van der Waals surface area (Å²) in [6.07, 6.45) is 2.97. The molecular formula is C12H15FN4. The second-order valence-corrected chi connectivity index (χ2v) is 4.21. The summed E-state index contributed by atoms with van der Waals surface area (Å²) < 4.78 is 12.9. The standard InChI is InChI=1S/C12H15FN4/c1-3-6-17-11(14)16-8-12(17,2)10-5-4-9(13)7-15-10/h3-5,7H,1,6,8H2,2H3,(H2,14,16). The molecule has 5 heteroatoms. The fraction of sp³-hybridized carbons (Fsp3) is 0.333. The Kier molecular flexibility index (Phi) is 2.83. The molecule has 1 aromatic heterocycles. The van der Waals surface area contributed by atoms with Crippen LogP contribution in [0.1, 0.15) is 12.6 Å². The molecule has 1 atom stereocenters. The summed E-state index contributed by atoms with van der Waals surface area (Å²) in [6.45, 7) is 6.79. The molecule has 0 fully saturated rings. The minimum Gasteiger partial charge on any atom is -0.370 e. The van der Waals surface area contributed by atoms with E-state index in [4.69, 9.17) is 5.73 Å². The Morgan fingerprint density at radius 2 is 2.41 bits per heavy atom. The Balaban J connectivity index is 2.35. The van der Waals surface area contributed by atoms with E-state index >= 15 is 0 Å². The summed E-state index contributed by atoms with van der Waals surface area (Å²) in [7, 11) is 0. The normalized spacial score (nSPS) is 23.6. The highest BCUT2D eigenvalue weighted by atomic mass is 19.1. The first-order valence-electron chi connectivity index (χ1n) is 5.38. The number of nitrogens with zero attached hydrogens (tertiary/aromatic N) is 3. The number of guanidine groups is 1. The number of hydrogen-bond acceptors (Lipinski definition) is 4. The average molecular weight is 234 g/mol. The van der Waals surface area contributed by atoms with E-state index in [9.17, 15) is 4.39 Å². The van der Waals surface area contributed by atoms with Crippen molar-refractivity contribution < 1.29 is 4.39 Å². The van der Waals surface area contributed by atoms with Crippen LogP contribution in [0.15, 0.2) is 36.0 Å². The molecule has 1 aliphatic rings. The lowest BCUT2D eigenvalue weighted by Gasteiger charge is -2.34. The van der Waals surface area contributed by atoms with E-state index < -0.39 is 5.54 Å². The Labute approximate surface area is 99.7 Å². The van der Waals surface area contributed by atoms with Gasteiger partial charge in [-0.3, -0.25) is 9.98 Å². The van der Waals surface area contributed by atoms with Gasteiger partial charge in [-0.05, 0) is 19.1 Å². The fourth-order valence-corrected chi connectivity index (χ4v) is 2.00. The van der Waals surface area contributed by atoms with Gasteiger partial charge in [0.15, 0.2) is 5.96 Å². The molecular weight excluding hydrogens is 219 g/mol. The summed E-state index contributed by atoms with van der Waals surface area (Å²) in [6, 6.07) is 3.06. The van der Waals surface area contributed by atoms with Crippen LogP contribution in [0.3, 0.4) is 0 Å². The Morgan fingerprint density at radius 3 is 3.00 bits per heavy atom. The van der Waals surface area contributed by atoms with Gasteiger partial charge in [0.1, 0.15) is 11.4 Å². The molecule has 2 N–H and O–H groups in total. The third-order valence-corrected chi connectivity index (χ3v) is 3.01. The maximum Gasteiger partial charge on any atom is 0.192 e. The van der Waals surface area contributed by atoms with Crippen LogP contribution in [0.5, 0.6) is 0 Å². The number of nitrogens with two attached hydrogens (primary N) is 1. The van der Waals surface area contributed by atoms with Crippen molar-refractivity contribution in [2.75, 3.05) is 13.1 Å². The second-order valence-electron chi connectivity index (χ2n) is 4.21. The minimum atomic E-state index is -0.425. The number of aliphatic imine (C=N–C) groups is 1. The van der Waals surface area contributed by atoms with E-state index in [-0.39, 0.29) is 5.82 Å². The SMILES string of the molecule is C=CCN1C(N)=NCC1(C)c1ccc(F)cn1. The summed E-state index contributed by atoms with van der Waals surface area (Å²) in [4.78, 5) is 10.3. The molecule has 0 saturated carbocycles. The molecule has 17 heavy (non-hydrogen) atoms. The zero-order chi connectivity index (χ0) is 12.5. The van der Waals surface area contributed by atoms with E-state index in [2.05, 4.69) is 16.6 Å². The van der Waals surface area contributed by atoms with Crippen LogP contribution >= 0.6 is 0 Å². The summed E-state index contributed by atoms with van der Waals surface area (Å²) in [5, 5.41) is 0. The smallest absolute Gasteiger partial charge is 0.192 e. The van der Waals surface area contributed by atoms with Gasteiger partial charge >= 0.3 is 0 Å².